The number of hydrogen-bond acceptors (Lipinski definition) is 9. The van der Waals surface area contributed by atoms with Gasteiger partial charge in [0.15, 0.2) is 0 Å². The molecule has 12 nitrogen and oxygen atoms in total. The van der Waals surface area contributed by atoms with Gasteiger partial charge in [0.25, 0.3) is 15.9 Å². The number of ether oxygens (including phenoxy) is 1. The summed E-state index contributed by atoms with van der Waals surface area (Å²) in [6.45, 7) is 1.61. The normalized spacial score (nSPS) is 14.6. The van der Waals surface area contributed by atoms with Gasteiger partial charge in [0.1, 0.15) is 24.4 Å². The first-order chi connectivity index (χ1) is 20.8. The third-order valence-corrected chi connectivity index (χ3v) is 9.29. The molecule has 0 bridgehead atoms. The van der Waals surface area contributed by atoms with Gasteiger partial charge in [0.05, 0.1) is 23.0 Å². The second kappa shape index (κ2) is 11.5. The standard InChI is InChI=1S/C29H26ClN7O5S/c1-42-22-8-10-23(11-9-22)43(40,41)37-24-12-7-21(30)17-25(24)36(29(37)39)26(20-5-3-2-4-6-20)27(38)34-13-15-35(16-14-34)28-32-18-31-19-33-28/h2-12,17-19,26H,13-16H2,1H3. The van der Waals surface area contributed by atoms with Gasteiger partial charge in [-0.3, -0.25) is 9.36 Å². The molecule has 1 amide bonds. The summed E-state index contributed by atoms with van der Waals surface area (Å²) in [5.41, 5.74) is -0.0614. The number of piperazine rings is 1. The van der Waals surface area contributed by atoms with Crippen molar-refractivity contribution < 1.29 is 17.9 Å². The van der Waals surface area contributed by atoms with Crippen LogP contribution in [-0.4, -0.2) is 76.0 Å². The molecule has 0 aliphatic carbocycles. The van der Waals surface area contributed by atoms with Gasteiger partial charge >= 0.3 is 5.69 Å². The fourth-order valence-corrected chi connectivity index (χ4v) is 6.80. The Morgan fingerprint density at radius 1 is 0.907 bits per heavy atom. The van der Waals surface area contributed by atoms with E-state index in [-0.39, 0.29) is 26.9 Å². The second-order valence-corrected chi connectivity index (χ2v) is 12.0. The van der Waals surface area contributed by atoms with E-state index in [1.54, 1.807) is 35.2 Å². The van der Waals surface area contributed by atoms with Crippen molar-refractivity contribution >= 4 is 44.5 Å². The molecule has 1 unspecified atom stereocenters. The highest BCUT2D eigenvalue weighted by Crippen LogP contribution is 2.30. The number of methoxy groups -OCH3 is 1. The lowest BCUT2D eigenvalue weighted by atomic mass is 10.0. The Bertz CT molecular complexity index is 1940. The fourth-order valence-electron chi connectivity index (χ4n) is 5.23. The molecule has 3 heterocycles. The molecule has 6 rings (SSSR count). The Balaban J connectivity index is 1.47. The van der Waals surface area contributed by atoms with E-state index < -0.39 is 21.8 Å². The number of aromatic nitrogens is 5. The van der Waals surface area contributed by atoms with Crippen molar-refractivity contribution in [2.24, 2.45) is 0 Å². The minimum Gasteiger partial charge on any atom is -0.497 e. The van der Waals surface area contributed by atoms with Gasteiger partial charge in [-0.25, -0.2) is 28.2 Å². The molecule has 0 N–H and O–H groups in total. The van der Waals surface area contributed by atoms with Crippen molar-refractivity contribution in [3.8, 4) is 5.75 Å². The zero-order chi connectivity index (χ0) is 30.1. The van der Waals surface area contributed by atoms with Gasteiger partial charge in [0, 0.05) is 31.2 Å². The molecule has 1 aliphatic heterocycles. The Morgan fingerprint density at radius 3 is 2.23 bits per heavy atom. The van der Waals surface area contributed by atoms with E-state index in [0.29, 0.717) is 43.4 Å². The van der Waals surface area contributed by atoms with Crippen LogP contribution in [0.25, 0.3) is 11.0 Å². The predicted octanol–water partition coefficient (Wildman–Crippen LogP) is 2.83. The smallest absolute Gasteiger partial charge is 0.344 e. The number of carbonyl (C=O) groups excluding carboxylic acids is 1. The summed E-state index contributed by atoms with van der Waals surface area (Å²) in [7, 11) is -2.91. The summed E-state index contributed by atoms with van der Waals surface area (Å²) in [6.07, 6.45) is 2.83. The zero-order valence-electron chi connectivity index (χ0n) is 22.9. The SMILES string of the molecule is COc1ccc(S(=O)(=O)n2c(=O)n(C(C(=O)N3CCN(c4ncncn4)CC3)c3ccccc3)c3cc(Cl)ccc32)cc1. The number of rotatable bonds is 7. The minimum absolute atomic E-state index is 0.0959. The van der Waals surface area contributed by atoms with Crippen molar-refractivity contribution in [3.05, 3.63) is 107 Å². The van der Waals surface area contributed by atoms with Crippen molar-refractivity contribution in [3.63, 3.8) is 0 Å². The number of benzene rings is 3. The summed E-state index contributed by atoms with van der Waals surface area (Å²) < 4.78 is 35.0. The van der Waals surface area contributed by atoms with Crippen LogP contribution in [-0.2, 0) is 14.8 Å². The van der Waals surface area contributed by atoms with Gasteiger partial charge in [-0.2, -0.15) is 3.97 Å². The number of hydrogen-bond donors (Lipinski definition) is 0. The number of nitrogens with zero attached hydrogens (tertiary/aromatic N) is 7. The molecule has 3 aromatic carbocycles. The van der Waals surface area contributed by atoms with Crippen LogP contribution in [0.5, 0.6) is 5.75 Å². The average molecular weight is 620 g/mol. The van der Waals surface area contributed by atoms with E-state index in [0.717, 1.165) is 3.97 Å². The Hall–Kier alpha value is -4.75. The van der Waals surface area contributed by atoms with Crippen LogP contribution < -0.4 is 15.3 Å². The molecule has 1 saturated heterocycles. The number of fused-ring (bicyclic) bond motifs is 1. The van der Waals surface area contributed by atoms with Gasteiger partial charge in [-0.05, 0) is 48.0 Å². The van der Waals surface area contributed by atoms with E-state index in [4.69, 9.17) is 16.3 Å². The van der Waals surface area contributed by atoms with E-state index in [9.17, 15) is 18.0 Å². The van der Waals surface area contributed by atoms with Crippen molar-refractivity contribution in [1.82, 2.24) is 28.4 Å². The van der Waals surface area contributed by atoms with Crippen molar-refractivity contribution in [1.29, 1.82) is 0 Å². The number of anilines is 1. The third-order valence-electron chi connectivity index (χ3n) is 7.35. The van der Waals surface area contributed by atoms with Crippen LogP contribution >= 0.6 is 11.6 Å². The van der Waals surface area contributed by atoms with Crippen LogP contribution in [0.2, 0.25) is 5.02 Å². The van der Waals surface area contributed by atoms with Crippen molar-refractivity contribution in [2.75, 3.05) is 38.2 Å². The maximum Gasteiger partial charge on any atom is 0.344 e. The number of imidazole rings is 1. The lowest BCUT2D eigenvalue weighted by Gasteiger charge is -2.36. The molecular formula is C29H26ClN7O5S. The van der Waals surface area contributed by atoms with Gasteiger partial charge in [-0.1, -0.05) is 41.9 Å². The molecule has 0 spiro atoms. The first-order valence-corrected chi connectivity index (χ1v) is 15.1. The zero-order valence-corrected chi connectivity index (χ0v) is 24.5. The summed E-state index contributed by atoms with van der Waals surface area (Å²) in [4.78, 5) is 44.3. The third kappa shape index (κ3) is 5.21. The lowest BCUT2D eigenvalue weighted by molar-refractivity contribution is -0.133. The van der Waals surface area contributed by atoms with Crippen molar-refractivity contribution in [2.45, 2.75) is 10.9 Å². The molecule has 5 aromatic rings. The molecule has 14 heteroatoms. The molecule has 1 fully saturated rings. The van der Waals surface area contributed by atoms with Crippen LogP contribution in [0, 0.1) is 0 Å². The average Bonchev–Trinajstić information content (AvgIpc) is 3.33. The van der Waals surface area contributed by atoms with Gasteiger partial charge in [0.2, 0.25) is 5.95 Å². The quantitative estimate of drug-likeness (QED) is 0.270. The molecule has 220 valence electrons. The molecular weight excluding hydrogens is 594 g/mol. The molecule has 0 radical (unpaired) electrons. The highest BCUT2D eigenvalue weighted by atomic mass is 35.5. The molecule has 1 atom stereocenters. The number of carbonyl (C=O) groups is 1. The fraction of sp³-hybridized carbons (Fsp3) is 0.207. The second-order valence-electron chi connectivity index (χ2n) is 9.79. The first kappa shape index (κ1) is 28.4. The Morgan fingerprint density at radius 2 is 1.58 bits per heavy atom. The van der Waals surface area contributed by atoms with Gasteiger partial charge < -0.3 is 14.5 Å². The predicted molar refractivity (Wildman–Crippen MR) is 160 cm³/mol. The number of halogens is 1. The molecule has 0 saturated carbocycles. The highest BCUT2D eigenvalue weighted by molar-refractivity contribution is 7.90. The highest BCUT2D eigenvalue weighted by Gasteiger charge is 2.35. The summed E-state index contributed by atoms with van der Waals surface area (Å²) in [5, 5.41) is 0.283. The van der Waals surface area contributed by atoms with E-state index in [2.05, 4.69) is 15.0 Å². The lowest BCUT2D eigenvalue weighted by Crippen LogP contribution is -2.52. The Kier molecular flexibility index (Phi) is 7.59. The monoisotopic (exact) mass is 619 g/mol. The first-order valence-electron chi connectivity index (χ1n) is 13.3. The molecule has 43 heavy (non-hydrogen) atoms. The Labute approximate surface area is 251 Å². The molecule has 2 aromatic heterocycles. The summed E-state index contributed by atoms with van der Waals surface area (Å²) in [5.74, 6) is 0.620. The minimum atomic E-state index is -4.38. The van der Waals surface area contributed by atoms with Crippen LogP contribution in [0.3, 0.4) is 0 Å². The van der Waals surface area contributed by atoms with Crippen LogP contribution in [0.1, 0.15) is 11.6 Å². The maximum absolute atomic E-state index is 14.3. The summed E-state index contributed by atoms with van der Waals surface area (Å²) in [6, 6.07) is 17.9. The largest absolute Gasteiger partial charge is 0.497 e. The van der Waals surface area contributed by atoms with E-state index >= 15 is 0 Å². The van der Waals surface area contributed by atoms with E-state index in [1.165, 1.54) is 66.8 Å². The maximum atomic E-state index is 14.3. The summed E-state index contributed by atoms with van der Waals surface area (Å²) >= 11 is 6.37. The number of amides is 1. The molecule has 1 aliphatic rings. The van der Waals surface area contributed by atoms with Crippen LogP contribution in [0.4, 0.5) is 5.95 Å². The van der Waals surface area contributed by atoms with E-state index in [1.807, 2.05) is 4.90 Å². The van der Waals surface area contributed by atoms with Gasteiger partial charge in [-0.15, -0.1) is 0 Å². The van der Waals surface area contributed by atoms with Crippen LogP contribution in [0.15, 0.2) is 95.1 Å². The topological polar surface area (TPSA) is 133 Å².